The van der Waals surface area contributed by atoms with Crippen molar-refractivity contribution in [3.05, 3.63) is 35.9 Å². The molecule has 0 aromatic heterocycles. The van der Waals surface area contributed by atoms with Crippen LogP contribution in [0.5, 0.6) is 0 Å². The van der Waals surface area contributed by atoms with Crippen LogP contribution in [0.2, 0.25) is 0 Å². The van der Waals surface area contributed by atoms with E-state index in [0.29, 0.717) is 19.4 Å². The minimum absolute atomic E-state index is 0.166. The van der Waals surface area contributed by atoms with Gasteiger partial charge in [-0.15, -0.1) is 0 Å². The Morgan fingerprint density at radius 3 is 2.52 bits per heavy atom. The van der Waals surface area contributed by atoms with Crippen LogP contribution in [0.25, 0.3) is 0 Å². The van der Waals surface area contributed by atoms with E-state index >= 15 is 0 Å². The van der Waals surface area contributed by atoms with Gasteiger partial charge in [0.25, 0.3) is 5.91 Å². The first-order valence-electron chi connectivity index (χ1n) is 7.14. The number of amides is 1. The highest BCUT2D eigenvalue weighted by Gasteiger charge is 2.45. The number of carbonyl (C=O) groups is 2. The van der Waals surface area contributed by atoms with Crippen molar-refractivity contribution in [2.45, 2.75) is 25.9 Å². The summed E-state index contributed by atoms with van der Waals surface area (Å²) in [6, 6.07) is 9.26. The van der Waals surface area contributed by atoms with Crippen molar-refractivity contribution >= 4 is 11.9 Å². The maximum absolute atomic E-state index is 12.6. The predicted octanol–water partition coefficient (Wildman–Crippen LogP) is 2.09. The lowest BCUT2D eigenvalue weighted by Gasteiger charge is -2.25. The normalized spacial score (nSPS) is 23.0. The van der Waals surface area contributed by atoms with E-state index in [1.807, 2.05) is 37.3 Å². The topological polar surface area (TPSA) is 66.8 Å². The summed E-state index contributed by atoms with van der Waals surface area (Å²) in [4.78, 5) is 25.7. The van der Waals surface area contributed by atoms with Crippen molar-refractivity contribution in [2.75, 3.05) is 20.2 Å². The van der Waals surface area contributed by atoms with Crippen molar-refractivity contribution < 1.29 is 19.4 Å². The first-order valence-corrected chi connectivity index (χ1v) is 7.14. The van der Waals surface area contributed by atoms with E-state index in [4.69, 9.17) is 4.74 Å². The van der Waals surface area contributed by atoms with Crippen molar-refractivity contribution in [1.29, 1.82) is 0 Å². The average molecular weight is 291 g/mol. The molecule has 114 valence electrons. The molecule has 0 aliphatic carbocycles. The summed E-state index contributed by atoms with van der Waals surface area (Å²) in [5, 5.41) is 9.41. The molecule has 1 fully saturated rings. The highest BCUT2D eigenvalue weighted by atomic mass is 16.5. The summed E-state index contributed by atoms with van der Waals surface area (Å²) in [6.07, 6.45) is 0.345. The van der Waals surface area contributed by atoms with Crippen LogP contribution in [0.4, 0.5) is 0 Å². The molecule has 5 nitrogen and oxygen atoms in total. The number of likely N-dealkylation sites (tertiary alicyclic amines) is 1. The highest BCUT2D eigenvalue weighted by molar-refractivity contribution is 5.84. The predicted molar refractivity (Wildman–Crippen MR) is 77.7 cm³/mol. The van der Waals surface area contributed by atoms with E-state index in [9.17, 15) is 14.7 Å². The van der Waals surface area contributed by atoms with Crippen LogP contribution in [0.15, 0.2) is 30.3 Å². The Balaban J connectivity index is 2.15. The zero-order valence-electron chi connectivity index (χ0n) is 12.4. The number of carboxylic acids is 1. The maximum atomic E-state index is 12.6. The molecule has 5 heteroatoms. The van der Waals surface area contributed by atoms with E-state index < -0.39 is 17.5 Å². The van der Waals surface area contributed by atoms with Gasteiger partial charge in [-0.05, 0) is 18.4 Å². The summed E-state index contributed by atoms with van der Waals surface area (Å²) in [6.45, 7) is 2.57. The third kappa shape index (κ3) is 2.93. The van der Waals surface area contributed by atoms with Crippen molar-refractivity contribution in [3.8, 4) is 0 Å². The fourth-order valence-electron chi connectivity index (χ4n) is 2.85. The summed E-state index contributed by atoms with van der Waals surface area (Å²) in [5.41, 5.74) is -0.0284. The molecule has 1 aromatic carbocycles. The lowest BCUT2D eigenvalue weighted by atomic mass is 9.84. The van der Waals surface area contributed by atoms with Gasteiger partial charge in [-0.1, -0.05) is 37.3 Å². The monoisotopic (exact) mass is 291 g/mol. The Bertz CT molecular complexity index is 516. The Morgan fingerprint density at radius 2 is 2.05 bits per heavy atom. The van der Waals surface area contributed by atoms with E-state index in [-0.39, 0.29) is 12.5 Å². The van der Waals surface area contributed by atoms with Crippen LogP contribution in [-0.2, 0) is 14.3 Å². The van der Waals surface area contributed by atoms with Crippen LogP contribution in [0, 0.1) is 5.41 Å². The maximum Gasteiger partial charge on any atom is 0.311 e. The second-order valence-electron chi connectivity index (χ2n) is 5.48. The van der Waals surface area contributed by atoms with E-state index in [1.54, 1.807) is 4.90 Å². The highest BCUT2D eigenvalue weighted by Crippen LogP contribution is 2.35. The van der Waals surface area contributed by atoms with E-state index in [1.165, 1.54) is 7.11 Å². The molecule has 0 bridgehead atoms. The second kappa shape index (κ2) is 6.26. The first-order chi connectivity index (χ1) is 10.0. The van der Waals surface area contributed by atoms with E-state index in [2.05, 4.69) is 0 Å². The van der Waals surface area contributed by atoms with E-state index in [0.717, 1.165) is 5.56 Å². The van der Waals surface area contributed by atoms with Crippen molar-refractivity contribution in [1.82, 2.24) is 4.90 Å². The average Bonchev–Trinajstić information content (AvgIpc) is 2.95. The second-order valence-corrected chi connectivity index (χ2v) is 5.48. The minimum atomic E-state index is -0.825. The zero-order valence-corrected chi connectivity index (χ0v) is 12.4. The number of carboxylic acid groups (broad SMARTS) is 1. The molecule has 1 N–H and O–H groups in total. The number of methoxy groups -OCH3 is 1. The van der Waals surface area contributed by atoms with Crippen molar-refractivity contribution in [2.24, 2.45) is 5.41 Å². The first kappa shape index (κ1) is 15.5. The number of nitrogens with zero attached hydrogens (tertiary/aromatic N) is 1. The molecule has 1 saturated heterocycles. The Morgan fingerprint density at radius 1 is 1.38 bits per heavy atom. The number of hydrogen-bond donors (Lipinski definition) is 1. The Labute approximate surface area is 124 Å². The number of rotatable bonds is 5. The van der Waals surface area contributed by atoms with Gasteiger partial charge >= 0.3 is 5.97 Å². The molecule has 2 unspecified atom stereocenters. The van der Waals surface area contributed by atoms with Crippen molar-refractivity contribution in [3.63, 3.8) is 0 Å². The molecule has 0 spiro atoms. The van der Waals surface area contributed by atoms with Gasteiger partial charge in [-0.3, -0.25) is 9.59 Å². The molecule has 21 heavy (non-hydrogen) atoms. The molecule has 1 amide bonds. The molecule has 1 heterocycles. The van der Waals surface area contributed by atoms with Crippen LogP contribution in [0.1, 0.15) is 31.4 Å². The number of benzene rings is 1. The van der Waals surface area contributed by atoms with Gasteiger partial charge in [0, 0.05) is 20.2 Å². The Hall–Kier alpha value is -1.88. The lowest BCUT2D eigenvalue weighted by Crippen LogP contribution is -2.38. The Kier molecular flexibility index (Phi) is 4.63. The van der Waals surface area contributed by atoms with Gasteiger partial charge in [-0.25, -0.2) is 0 Å². The van der Waals surface area contributed by atoms with Gasteiger partial charge in [0.05, 0.1) is 5.41 Å². The molecule has 0 saturated carbocycles. The number of aliphatic carboxylic acids is 1. The molecule has 0 radical (unpaired) electrons. The van der Waals surface area contributed by atoms with Gasteiger partial charge in [0.1, 0.15) is 0 Å². The number of carbonyl (C=O) groups excluding carboxylic acids is 1. The summed E-state index contributed by atoms with van der Waals surface area (Å²) in [5.74, 6) is -0.991. The lowest BCUT2D eigenvalue weighted by molar-refractivity contribution is -0.149. The molecule has 2 rings (SSSR count). The molecule has 1 aliphatic rings. The van der Waals surface area contributed by atoms with Crippen LogP contribution < -0.4 is 0 Å². The fraction of sp³-hybridized carbons (Fsp3) is 0.500. The van der Waals surface area contributed by atoms with Gasteiger partial charge in [0.2, 0.25) is 0 Å². The SMILES string of the molecule is CCC1(C(=O)O)CCN(C(=O)C(OC)c2ccccc2)C1. The fourth-order valence-corrected chi connectivity index (χ4v) is 2.85. The smallest absolute Gasteiger partial charge is 0.311 e. The molecule has 1 aromatic rings. The standard InChI is InChI=1S/C16H21NO4/c1-3-16(15(19)20)9-10-17(11-16)14(18)13(21-2)12-7-5-4-6-8-12/h4-8,13H,3,9-11H2,1-2H3,(H,19,20). The van der Waals surface area contributed by atoms with Crippen LogP contribution >= 0.6 is 0 Å². The minimum Gasteiger partial charge on any atom is -0.481 e. The van der Waals surface area contributed by atoms with Gasteiger partial charge in [0.15, 0.2) is 6.10 Å². The third-order valence-electron chi connectivity index (χ3n) is 4.36. The van der Waals surface area contributed by atoms with Crippen LogP contribution in [0.3, 0.4) is 0 Å². The molecule has 1 aliphatic heterocycles. The summed E-state index contributed by atoms with van der Waals surface area (Å²) >= 11 is 0. The number of ether oxygens (including phenoxy) is 1. The summed E-state index contributed by atoms with van der Waals surface area (Å²) < 4.78 is 5.33. The summed E-state index contributed by atoms with van der Waals surface area (Å²) in [7, 11) is 1.50. The largest absolute Gasteiger partial charge is 0.481 e. The van der Waals surface area contributed by atoms with Gasteiger partial charge < -0.3 is 14.7 Å². The molecular formula is C16H21NO4. The molecule has 2 atom stereocenters. The van der Waals surface area contributed by atoms with Crippen LogP contribution in [-0.4, -0.2) is 42.1 Å². The quantitative estimate of drug-likeness (QED) is 0.902. The molecular weight excluding hydrogens is 270 g/mol. The number of hydrogen-bond acceptors (Lipinski definition) is 3. The third-order valence-corrected chi connectivity index (χ3v) is 4.36. The van der Waals surface area contributed by atoms with Gasteiger partial charge in [-0.2, -0.15) is 0 Å². The zero-order chi connectivity index (χ0) is 15.5.